The Morgan fingerprint density at radius 3 is 2.29 bits per heavy atom. The van der Waals surface area contributed by atoms with Crippen molar-refractivity contribution in [2.45, 2.75) is 57.4 Å². The molecule has 0 bridgehead atoms. The van der Waals surface area contributed by atoms with Gasteiger partial charge < -0.3 is 11.1 Å². The number of anilines is 1. The first-order chi connectivity index (χ1) is 11.8. The third kappa shape index (κ3) is 4.12. The molecule has 3 N–H and O–H groups in total. The topological polar surface area (TPSA) is 85.8 Å². The molecule has 2 fully saturated rings. The second-order valence-corrected chi connectivity index (χ2v) is 6.65. The molecule has 0 atom stereocenters. The zero-order chi connectivity index (χ0) is 16.8. The average molecular weight is 329 g/mol. The summed E-state index contributed by atoms with van der Waals surface area (Å²) >= 11 is 0. The van der Waals surface area contributed by atoms with E-state index in [1.807, 2.05) is 0 Å². The number of piperidine rings is 1. The maximum absolute atomic E-state index is 12.1. The van der Waals surface area contributed by atoms with Crippen molar-refractivity contribution in [1.82, 2.24) is 19.9 Å². The molecule has 0 unspecified atom stereocenters. The maximum Gasteiger partial charge on any atom is 0.252 e. The molecule has 24 heavy (non-hydrogen) atoms. The van der Waals surface area contributed by atoms with Crippen LogP contribution < -0.4 is 16.6 Å². The largest absolute Gasteiger partial charge is 0.368 e. The standard InChI is InChI=1S/C12H15N5O.C6H12/c13-12-15-7-8-1-2-10(18)17(11(8)16-12)9-3-5-14-6-4-9;1-2-4-6-5-3-1/h1-2,7,9,14H,3-6H2,(H2,13,15,16);1-6H2. The zero-order valence-electron chi connectivity index (χ0n) is 14.2. The van der Waals surface area contributed by atoms with Gasteiger partial charge in [-0.25, -0.2) is 4.98 Å². The van der Waals surface area contributed by atoms with E-state index in [9.17, 15) is 4.79 Å². The summed E-state index contributed by atoms with van der Waals surface area (Å²) in [7, 11) is 0. The highest BCUT2D eigenvalue weighted by Crippen LogP contribution is 2.21. The summed E-state index contributed by atoms with van der Waals surface area (Å²) < 4.78 is 1.76. The lowest BCUT2D eigenvalue weighted by Crippen LogP contribution is -2.34. The number of hydrogen-bond acceptors (Lipinski definition) is 5. The number of nitrogens with two attached hydrogens (primary N) is 1. The zero-order valence-corrected chi connectivity index (χ0v) is 14.2. The lowest BCUT2D eigenvalue weighted by molar-refractivity contribution is 0.367. The van der Waals surface area contributed by atoms with Gasteiger partial charge in [-0.15, -0.1) is 0 Å². The summed E-state index contributed by atoms with van der Waals surface area (Å²) in [5.74, 6) is 0.204. The summed E-state index contributed by atoms with van der Waals surface area (Å²) in [6.07, 6.45) is 12.5. The third-order valence-corrected chi connectivity index (χ3v) is 4.86. The van der Waals surface area contributed by atoms with Crippen LogP contribution in [-0.2, 0) is 0 Å². The minimum atomic E-state index is -0.0208. The molecule has 3 heterocycles. The fourth-order valence-electron chi connectivity index (χ4n) is 3.53. The Morgan fingerprint density at radius 2 is 1.67 bits per heavy atom. The molecule has 1 saturated heterocycles. The number of nitrogens with zero attached hydrogens (tertiary/aromatic N) is 3. The maximum atomic E-state index is 12.1. The van der Waals surface area contributed by atoms with Gasteiger partial charge in [0.05, 0.1) is 0 Å². The lowest BCUT2D eigenvalue weighted by atomic mass is 10.0. The van der Waals surface area contributed by atoms with Crippen molar-refractivity contribution in [2.75, 3.05) is 18.8 Å². The fourth-order valence-corrected chi connectivity index (χ4v) is 3.53. The number of fused-ring (bicyclic) bond motifs is 1. The molecule has 2 aliphatic rings. The van der Waals surface area contributed by atoms with Crippen LogP contribution in [0.3, 0.4) is 0 Å². The molecule has 6 nitrogen and oxygen atoms in total. The Morgan fingerprint density at radius 1 is 1.04 bits per heavy atom. The number of pyridine rings is 1. The molecule has 0 radical (unpaired) electrons. The van der Waals surface area contributed by atoms with Crippen LogP contribution in [0.4, 0.5) is 5.95 Å². The molecular formula is C18H27N5O. The normalized spacial score (nSPS) is 18.8. The van der Waals surface area contributed by atoms with E-state index in [2.05, 4.69) is 15.3 Å². The Kier molecular flexibility index (Phi) is 5.80. The van der Waals surface area contributed by atoms with Gasteiger partial charge in [0, 0.05) is 23.7 Å². The van der Waals surface area contributed by atoms with E-state index < -0.39 is 0 Å². The number of rotatable bonds is 1. The van der Waals surface area contributed by atoms with Crippen LogP contribution in [0, 0.1) is 0 Å². The summed E-state index contributed by atoms with van der Waals surface area (Å²) in [6, 6.07) is 3.51. The van der Waals surface area contributed by atoms with Crippen LogP contribution in [0.15, 0.2) is 23.1 Å². The quantitative estimate of drug-likeness (QED) is 0.840. The first-order valence-electron chi connectivity index (χ1n) is 9.10. The first kappa shape index (κ1) is 16.9. The number of nitrogen functional groups attached to an aromatic ring is 1. The van der Waals surface area contributed by atoms with Gasteiger partial charge in [-0.2, -0.15) is 4.98 Å². The lowest BCUT2D eigenvalue weighted by Gasteiger charge is -2.25. The van der Waals surface area contributed by atoms with E-state index in [4.69, 9.17) is 5.73 Å². The SMILES string of the molecule is C1CCCCC1.Nc1ncc2ccc(=O)n(C3CCNCC3)c2n1. The van der Waals surface area contributed by atoms with Crippen molar-refractivity contribution in [3.63, 3.8) is 0 Å². The molecule has 6 heteroatoms. The van der Waals surface area contributed by atoms with Crippen molar-refractivity contribution in [3.8, 4) is 0 Å². The van der Waals surface area contributed by atoms with Gasteiger partial charge in [-0.3, -0.25) is 9.36 Å². The highest BCUT2D eigenvalue weighted by atomic mass is 16.1. The van der Waals surface area contributed by atoms with Crippen LogP contribution >= 0.6 is 0 Å². The summed E-state index contributed by atoms with van der Waals surface area (Å²) in [5.41, 5.74) is 6.24. The van der Waals surface area contributed by atoms with Crippen LogP contribution in [0.1, 0.15) is 57.4 Å². The van der Waals surface area contributed by atoms with Crippen LogP contribution in [0.2, 0.25) is 0 Å². The van der Waals surface area contributed by atoms with E-state index in [1.54, 1.807) is 22.9 Å². The third-order valence-electron chi connectivity index (χ3n) is 4.86. The summed E-state index contributed by atoms with van der Waals surface area (Å²) in [5, 5.41) is 4.14. The number of aromatic nitrogens is 3. The molecule has 0 spiro atoms. The molecule has 130 valence electrons. The molecular weight excluding hydrogens is 302 g/mol. The second kappa shape index (κ2) is 8.24. The van der Waals surface area contributed by atoms with E-state index in [0.717, 1.165) is 31.3 Å². The van der Waals surface area contributed by atoms with Crippen molar-refractivity contribution >= 4 is 17.0 Å². The summed E-state index contributed by atoms with van der Waals surface area (Å²) in [6.45, 7) is 1.85. The monoisotopic (exact) mass is 329 g/mol. The van der Waals surface area contributed by atoms with Gasteiger partial charge in [0.25, 0.3) is 5.56 Å². The van der Waals surface area contributed by atoms with Crippen molar-refractivity contribution in [3.05, 3.63) is 28.7 Å². The Hall–Kier alpha value is -1.95. The van der Waals surface area contributed by atoms with Crippen molar-refractivity contribution < 1.29 is 0 Å². The Bertz CT molecular complexity index is 705. The van der Waals surface area contributed by atoms with Crippen molar-refractivity contribution in [1.29, 1.82) is 0 Å². The van der Waals surface area contributed by atoms with E-state index in [0.29, 0.717) is 5.65 Å². The predicted octanol–water partition coefficient (Wildman–Crippen LogP) is 2.64. The number of hydrogen-bond donors (Lipinski definition) is 2. The smallest absolute Gasteiger partial charge is 0.252 e. The highest BCUT2D eigenvalue weighted by Gasteiger charge is 2.18. The molecule has 2 aromatic rings. The highest BCUT2D eigenvalue weighted by molar-refractivity contribution is 5.74. The average Bonchev–Trinajstić information content (AvgIpc) is 2.64. The molecule has 2 aromatic heterocycles. The van der Waals surface area contributed by atoms with Gasteiger partial charge in [0.1, 0.15) is 5.65 Å². The van der Waals surface area contributed by atoms with E-state index in [-0.39, 0.29) is 17.5 Å². The first-order valence-corrected chi connectivity index (χ1v) is 9.10. The Labute approximate surface area is 142 Å². The van der Waals surface area contributed by atoms with E-state index >= 15 is 0 Å². The van der Waals surface area contributed by atoms with Gasteiger partial charge >= 0.3 is 0 Å². The van der Waals surface area contributed by atoms with Crippen LogP contribution in [-0.4, -0.2) is 27.6 Å². The van der Waals surface area contributed by atoms with Gasteiger partial charge in [0.15, 0.2) is 0 Å². The molecule has 4 rings (SSSR count). The van der Waals surface area contributed by atoms with Gasteiger partial charge in [-0.1, -0.05) is 38.5 Å². The van der Waals surface area contributed by atoms with Gasteiger partial charge in [-0.05, 0) is 32.0 Å². The fraction of sp³-hybridized carbons (Fsp3) is 0.611. The van der Waals surface area contributed by atoms with Crippen LogP contribution in [0.5, 0.6) is 0 Å². The molecule has 0 aromatic carbocycles. The van der Waals surface area contributed by atoms with Crippen LogP contribution in [0.25, 0.3) is 11.0 Å². The number of nitrogens with one attached hydrogen (secondary N) is 1. The Balaban J connectivity index is 0.000000238. The minimum absolute atomic E-state index is 0.0208. The van der Waals surface area contributed by atoms with Crippen molar-refractivity contribution in [2.24, 2.45) is 0 Å². The molecule has 1 saturated carbocycles. The second-order valence-electron chi connectivity index (χ2n) is 6.65. The van der Waals surface area contributed by atoms with Gasteiger partial charge in [0.2, 0.25) is 5.95 Å². The molecule has 1 aliphatic carbocycles. The molecule has 0 amide bonds. The predicted molar refractivity (Wildman–Crippen MR) is 97.1 cm³/mol. The summed E-state index contributed by atoms with van der Waals surface area (Å²) in [4.78, 5) is 20.3. The molecule has 1 aliphatic heterocycles. The minimum Gasteiger partial charge on any atom is -0.368 e. The van der Waals surface area contributed by atoms with E-state index in [1.165, 1.54) is 38.5 Å².